The van der Waals surface area contributed by atoms with Crippen molar-refractivity contribution in [2.24, 2.45) is 0 Å². The molecule has 0 aliphatic carbocycles. The summed E-state index contributed by atoms with van der Waals surface area (Å²) in [5.74, 6) is 0. The van der Waals surface area contributed by atoms with Crippen molar-refractivity contribution in [3.63, 3.8) is 0 Å². The Morgan fingerprint density at radius 1 is 1.47 bits per heavy atom. The molecule has 1 rings (SSSR count). The van der Waals surface area contributed by atoms with Gasteiger partial charge in [0.15, 0.2) is 0 Å². The molecule has 0 unspecified atom stereocenters. The quantitative estimate of drug-likeness (QED) is 0.670. The lowest BCUT2D eigenvalue weighted by atomic mass is 10.4. The number of amides is 2. The van der Waals surface area contributed by atoms with Gasteiger partial charge in [0.2, 0.25) is 0 Å². The Kier molecular flexibility index (Phi) is 5.42. The van der Waals surface area contributed by atoms with E-state index in [1.807, 2.05) is 19.0 Å². The molecule has 0 saturated carbocycles. The summed E-state index contributed by atoms with van der Waals surface area (Å²) in [5.41, 5.74) is 0. The lowest BCUT2D eigenvalue weighted by molar-refractivity contribution is 0.0452. The number of carbonyl (C=O) groups is 1. The van der Waals surface area contributed by atoms with E-state index in [-0.39, 0.29) is 6.03 Å². The topological polar surface area (TPSA) is 44.8 Å². The van der Waals surface area contributed by atoms with Crippen molar-refractivity contribution in [2.75, 3.05) is 53.5 Å². The third-order valence-electron chi connectivity index (χ3n) is 2.53. The summed E-state index contributed by atoms with van der Waals surface area (Å²) in [7, 11) is 3.78. The predicted octanol–water partition coefficient (Wildman–Crippen LogP) is -0.0201. The van der Waals surface area contributed by atoms with Gasteiger partial charge in [-0.05, 0) is 20.0 Å². The Bertz CT molecular complexity index is 193. The maximum Gasteiger partial charge on any atom is 0.319 e. The van der Waals surface area contributed by atoms with Crippen LogP contribution in [0.4, 0.5) is 4.79 Å². The number of nitrogens with one attached hydrogen (secondary N) is 1. The fourth-order valence-electron chi connectivity index (χ4n) is 1.58. The van der Waals surface area contributed by atoms with E-state index in [1.165, 1.54) is 0 Å². The third-order valence-corrected chi connectivity index (χ3v) is 2.53. The summed E-state index contributed by atoms with van der Waals surface area (Å²) in [6.45, 7) is 4.51. The lowest BCUT2D eigenvalue weighted by Gasteiger charge is -2.31. The van der Waals surface area contributed by atoms with Gasteiger partial charge in [-0.2, -0.15) is 0 Å². The maximum absolute atomic E-state index is 11.9. The number of nitrogens with zero attached hydrogens (tertiary/aromatic N) is 2. The van der Waals surface area contributed by atoms with Crippen LogP contribution in [0.25, 0.3) is 0 Å². The number of ether oxygens (including phenoxy) is 1. The van der Waals surface area contributed by atoms with Gasteiger partial charge in [0.05, 0.1) is 13.2 Å². The highest BCUT2D eigenvalue weighted by Gasteiger charge is 2.19. The summed E-state index contributed by atoms with van der Waals surface area (Å²) in [6.07, 6.45) is 0.989. The molecule has 1 saturated heterocycles. The molecule has 0 aromatic heterocycles. The Hall–Kier alpha value is -0.810. The zero-order valence-electron chi connectivity index (χ0n) is 9.66. The van der Waals surface area contributed by atoms with Gasteiger partial charge in [0.25, 0.3) is 0 Å². The Labute approximate surface area is 91.4 Å². The smallest absolute Gasteiger partial charge is 0.319 e. The van der Waals surface area contributed by atoms with E-state index >= 15 is 0 Å². The number of rotatable bonds is 4. The Morgan fingerprint density at radius 2 is 2.13 bits per heavy atom. The third kappa shape index (κ3) is 4.05. The van der Waals surface area contributed by atoms with Crippen LogP contribution in [0, 0.1) is 0 Å². The second-order valence-corrected chi connectivity index (χ2v) is 3.76. The van der Waals surface area contributed by atoms with Gasteiger partial charge in [-0.3, -0.25) is 0 Å². The molecule has 1 N–H and O–H groups in total. The van der Waals surface area contributed by atoms with E-state index in [0.29, 0.717) is 13.2 Å². The molecule has 5 nitrogen and oxygen atoms in total. The van der Waals surface area contributed by atoms with E-state index in [0.717, 1.165) is 32.6 Å². The fourth-order valence-corrected chi connectivity index (χ4v) is 1.58. The van der Waals surface area contributed by atoms with Crippen LogP contribution in [-0.4, -0.2) is 69.3 Å². The van der Waals surface area contributed by atoms with Gasteiger partial charge in [-0.1, -0.05) is 0 Å². The van der Waals surface area contributed by atoms with Crippen LogP contribution in [0.15, 0.2) is 0 Å². The molecule has 88 valence electrons. The van der Waals surface area contributed by atoms with Gasteiger partial charge in [-0.25, -0.2) is 4.79 Å². The number of morpholine rings is 1. The molecule has 0 aromatic carbocycles. The second kappa shape index (κ2) is 6.63. The van der Waals surface area contributed by atoms with Crippen molar-refractivity contribution >= 4 is 6.03 Å². The molecule has 1 aliphatic heterocycles. The Balaban J connectivity index is 2.24. The molecule has 0 bridgehead atoms. The van der Waals surface area contributed by atoms with Crippen LogP contribution in [0.5, 0.6) is 0 Å². The summed E-state index contributed by atoms with van der Waals surface area (Å²) in [5, 5.41) is 3.07. The first kappa shape index (κ1) is 12.3. The first-order valence-corrected chi connectivity index (χ1v) is 5.48. The van der Waals surface area contributed by atoms with Crippen LogP contribution in [-0.2, 0) is 4.74 Å². The van der Waals surface area contributed by atoms with E-state index < -0.39 is 0 Å². The summed E-state index contributed by atoms with van der Waals surface area (Å²) in [6, 6.07) is 0.120. The summed E-state index contributed by atoms with van der Waals surface area (Å²) in [4.78, 5) is 15.5. The SMILES string of the molecule is CNCCCN(C)C(=O)N1CCOCC1. The molecule has 15 heavy (non-hydrogen) atoms. The molecular formula is C10H21N3O2. The predicted molar refractivity (Wildman–Crippen MR) is 59.0 cm³/mol. The van der Waals surface area contributed by atoms with Crippen molar-refractivity contribution in [3.8, 4) is 0 Å². The number of hydrogen-bond acceptors (Lipinski definition) is 3. The molecule has 0 aromatic rings. The minimum absolute atomic E-state index is 0.120. The van der Waals surface area contributed by atoms with Crippen LogP contribution in [0.3, 0.4) is 0 Å². The second-order valence-electron chi connectivity index (χ2n) is 3.76. The first-order chi connectivity index (χ1) is 7.25. The highest BCUT2D eigenvalue weighted by atomic mass is 16.5. The average Bonchev–Trinajstić information content (AvgIpc) is 2.29. The van der Waals surface area contributed by atoms with Crippen molar-refractivity contribution < 1.29 is 9.53 Å². The summed E-state index contributed by atoms with van der Waals surface area (Å²) < 4.78 is 5.21. The van der Waals surface area contributed by atoms with Gasteiger partial charge in [0.1, 0.15) is 0 Å². The van der Waals surface area contributed by atoms with Crippen molar-refractivity contribution in [2.45, 2.75) is 6.42 Å². The maximum atomic E-state index is 11.9. The molecule has 1 heterocycles. The minimum atomic E-state index is 0.120. The van der Waals surface area contributed by atoms with Gasteiger partial charge < -0.3 is 19.9 Å². The molecule has 0 spiro atoms. The minimum Gasteiger partial charge on any atom is -0.378 e. The van der Waals surface area contributed by atoms with Crippen LogP contribution in [0.2, 0.25) is 0 Å². The van der Waals surface area contributed by atoms with Gasteiger partial charge >= 0.3 is 6.03 Å². The van der Waals surface area contributed by atoms with Crippen LogP contribution < -0.4 is 5.32 Å². The highest BCUT2D eigenvalue weighted by Crippen LogP contribution is 2.02. The number of urea groups is 1. The van der Waals surface area contributed by atoms with Crippen LogP contribution >= 0.6 is 0 Å². The number of hydrogen-bond donors (Lipinski definition) is 1. The van der Waals surface area contributed by atoms with E-state index in [9.17, 15) is 4.79 Å². The van der Waals surface area contributed by atoms with E-state index in [4.69, 9.17) is 4.74 Å². The van der Waals surface area contributed by atoms with Crippen molar-refractivity contribution in [1.29, 1.82) is 0 Å². The van der Waals surface area contributed by atoms with E-state index in [1.54, 1.807) is 4.90 Å². The highest BCUT2D eigenvalue weighted by molar-refractivity contribution is 5.74. The molecular weight excluding hydrogens is 194 g/mol. The van der Waals surface area contributed by atoms with Gasteiger partial charge in [0, 0.05) is 26.7 Å². The Morgan fingerprint density at radius 3 is 2.73 bits per heavy atom. The monoisotopic (exact) mass is 215 g/mol. The molecule has 2 amide bonds. The normalized spacial score (nSPS) is 16.5. The number of carbonyl (C=O) groups excluding carboxylic acids is 1. The van der Waals surface area contributed by atoms with Crippen molar-refractivity contribution in [3.05, 3.63) is 0 Å². The fraction of sp³-hybridized carbons (Fsp3) is 0.900. The molecule has 0 radical (unpaired) electrons. The standard InChI is InChI=1S/C10H21N3O2/c1-11-4-3-5-12(2)10(14)13-6-8-15-9-7-13/h11H,3-9H2,1-2H3. The van der Waals surface area contributed by atoms with Crippen LogP contribution in [0.1, 0.15) is 6.42 Å². The molecule has 1 fully saturated rings. The van der Waals surface area contributed by atoms with Crippen molar-refractivity contribution in [1.82, 2.24) is 15.1 Å². The molecule has 5 heteroatoms. The molecule has 0 atom stereocenters. The zero-order valence-corrected chi connectivity index (χ0v) is 9.66. The summed E-state index contributed by atoms with van der Waals surface area (Å²) >= 11 is 0. The largest absolute Gasteiger partial charge is 0.378 e. The van der Waals surface area contributed by atoms with E-state index in [2.05, 4.69) is 5.32 Å². The zero-order chi connectivity index (χ0) is 11.1. The van der Waals surface area contributed by atoms with Gasteiger partial charge in [-0.15, -0.1) is 0 Å². The lowest BCUT2D eigenvalue weighted by Crippen LogP contribution is -2.47. The average molecular weight is 215 g/mol. The molecule has 1 aliphatic rings. The first-order valence-electron chi connectivity index (χ1n) is 5.48.